The van der Waals surface area contributed by atoms with E-state index in [0.717, 1.165) is 29.6 Å². The first-order valence-electron chi connectivity index (χ1n) is 16.1. The van der Waals surface area contributed by atoms with Crippen molar-refractivity contribution in [3.8, 4) is 0 Å². The summed E-state index contributed by atoms with van der Waals surface area (Å²) in [4.78, 5) is 39.5. The highest BCUT2D eigenvalue weighted by Gasteiger charge is 2.33. The van der Waals surface area contributed by atoms with Gasteiger partial charge in [0.15, 0.2) is 0 Å². The van der Waals surface area contributed by atoms with Crippen LogP contribution in [0.25, 0.3) is 0 Å². The molecule has 0 unspecified atom stereocenters. The zero-order valence-corrected chi connectivity index (χ0v) is 28.4. The van der Waals surface area contributed by atoms with Crippen LogP contribution in [-0.2, 0) is 30.3 Å². The summed E-state index contributed by atoms with van der Waals surface area (Å²) in [6.07, 6.45) is 5.95. The van der Waals surface area contributed by atoms with Crippen LogP contribution in [0.1, 0.15) is 87.6 Å². The van der Waals surface area contributed by atoms with Gasteiger partial charge in [-0.2, -0.15) is 0 Å². The van der Waals surface area contributed by atoms with Crippen LogP contribution in [-0.4, -0.2) is 47.3 Å². The summed E-state index contributed by atoms with van der Waals surface area (Å²) in [5.74, 6) is -1.62. The van der Waals surface area contributed by atoms with Gasteiger partial charge in [0.2, 0.25) is 5.91 Å². The SMILES string of the molecule is CC[C@H](C)C[C@H](C)[C@H]1OC(=O)[C@H](Cc2ccccc2)NC(=O)/C(C)=C/[C@H](C)[C@@H](O)/C(C)=C/[C@H](C)[C@H](OC(C)=O)/C(C)=C/[C@@H]1C. The van der Waals surface area contributed by atoms with Gasteiger partial charge < -0.3 is 19.9 Å². The summed E-state index contributed by atoms with van der Waals surface area (Å²) in [6.45, 7) is 19.1. The fraction of sp³-hybridized carbons (Fsp3) is 0.595. The second-order valence-corrected chi connectivity index (χ2v) is 13.1. The number of ether oxygens (including phenoxy) is 2. The number of aliphatic hydroxyl groups excluding tert-OH is 1. The molecule has 0 spiro atoms. The molecule has 2 rings (SSSR count). The Morgan fingerprint density at radius 1 is 0.955 bits per heavy atom. The first-order valence-corrected chi connectivity index (χ1v) is 16.1. The highest BCUT2D eigenvalue weighted by Crippen LogP contribution is 2.30. The minimum atomic E-state index is -0.907. The lowest BCUT2D eigenvalue weighted by atomic mass is 9.84. The van der Waals surface area contributed by atoms with Gasteiger partial charge in [-0.05, 0) is 55.7 Å². The van der Waals surface area contributed by atoms with Gasteiger partial charge in [-0.15, -0.1) is 0 Å². The number of esters is 2. The van der Waals surface area contributed by atoms with Crippen LogP contribution in [0.3, 0.4) is 0 Å². The van der Waals surface area contributed by atoms with Gasteiger partial charge in [0.05, 0.1) is 6.10 Å². The second kappa shape index (κ2) is 17.3. The lowest BCUT2D eigenvalue weighted by Gasteiger charge is -2.32. The van der Waals surface area contributed by atoms with E-state index in [4.69, 9.17) is 9.47 Å². The Hall–Kier alpha value is -3.19. The van der Waals surface area contributed by atoms with Gasteiger partial charge in [0.25, 0.3) is 0 Å². The number of hydrogen-bond acceptors (Lipinski definition) is 6. The molecule has 0 aromatic heterocycles. The zero-order valence-electron chi connectivity index (χ0n) is 28.4. The summed E-state index contributed by atoms with van der Waals surface area (Å²) in [5, 5.41) is 14.1. The molecular weight excluding hydrogens is 554 g/mol. The Kier molecular flexibility index (Phi) is 14.6. The average Bonchev–Trinajstić information content (AvgIpc) is 2.96. The molecule has 0 saturated carbocycles. The number of amides is 1. The van der Waals surface area contributed by atoms with Crippen LogP contribution >= 0.6 is 0 Å². The molecule has 9 atom stereocenters. The van der Waals surface area contributed by atoms with Crippen molar-refractivity contribution in [2.75, 3.05) is 0 Å². The zero-order chi connectivity index (χ0) is 33.1. The Morgan fingerprint density at radius 2 is 1.57 bits per heavy atom. The molecule has 7 nitrogen and oxygen atoms in total. The predicted octanol–water partition coefficient (Wildman–Crippen LogP) is 6.75. The van der Waals surface area contributed by atoms with E-state index in [1.54, 1.807) is 13.0 Å². The first kappa shape index (κ1) is 37.0. The minimum absolute atomic E-state index is 0.0347. The maximum atomic E-state index is 13.9. The highest BCUT2D eigenvalue weighted by atomic mass is 16.5. The molecule has 244 valence electrons. The van der Waals surface area contributed by atoms with Gasteiger partial charge in [-0.1, -0.05) is 96.5 Å². The summed E-state index contributed by atoms with van der Waals surface area (Å²) in [6, 6.07) is 8.65. The summed E-state index contributed by atoms with van der Waals surface area (Å²) in [5.41, 5.74) is 2.87. The van der Waals surface area contributed by atoms with Crippen LogP contribution in [0.15, 0.2) is 65.3 Å². The number of carbonyl (C=O) groups excluding carboxylic acids is 3. The molecule has 1 amide bonds. The van der Waals surface area contributed by atoms with Gasteiger partial charge in [-0.3, -0.25) is 9.59 Å². The molecule has 1 aromatic carbocycles. The van der Waals surface area contributed by atoms with E-state index in [1.807, 2.05) is 77.1 Å². The highest BCUT2D eigenvalue weighted by molar-refractivity contribution is 5.95. The monoisotopic (exact) mass is 609 g/mol. The van der Waals surface area contributed by atoms with Gasteiger partial charge in [-0.25, -0.2) is 4.79 Å². The maximum Gasteiger partial charge on any atom is 0.329 e. The van der Waals surface area contributed by atoms with Crippen molar-refractivity contribution in [3.05, 3.63) is 70.8 Å². The van der Waals surface area contributed by atoms with E-state index in [-0.39, 0.29) is 36.0 Å². The van der Waals surface area contributed by atoms with Crippen LogP contribution in [0, 0.1) is 29.6 Å². The van der Waals surface area contributed by atoms with Gasteiger partial charge in [0.1, 0.15) is 18.2 Å². The number of nitrogens with one attached hydrogen (secondary N) is 1. The van der Waals surface area contributed by atoms with Crippen molar-refractivity contribution >= 4 is 17.8 Å². The third-order valence-electron chi connectivity index (χ3n) is 8.78. The number of rotatable bonds is 7. The first-order chi connectivity index (χ1) is 20.6. The van der Waals surface area contributed by atoms with E-state index < -0.39 is 36.3 Å². The topological polar surface area (TPSA) is 102 Å². The van der Waals surface area contributed by atoms with E-state index >= 15 is 0 Å². The summed E-state index contributed by atoms with van der Waals surface area (Å²) in [7, 11) is 0. The maximum absolute atomic E-state index is 13.9. The molecule has 1 aliphatic heterocycles. The van der Waals surface area contributed by atoms with E-state index in [1.165, 1.54) is 6.92 Å². The van der Waals surface area contributed by atoms with Crippen molar-refractivity contribution in [1.29, 1.82) is 0 Å². The number of aliphatic hydroxyl groups is 1. The third-order valence-corrected chi connectivity index (χ3v) is 8.78. The molecule has 7 heteroatoms. The molecule has 0 radical (unpaired) electrons. The lowest BCUT2D eigenvalue weighted by molar-refractivity contribution is -0.157. The smallest absolute Gasteiger partial charge is 0.329 e. The molecule has 1 aliphatic rings. The van der Waals surface area contributed by atoms with Crippen molar-refractivity contribution in [3.63, 3.8) is 0 Å². The van der Waals surface area contributed by atoms with E-state index in [0.29, 0.717) is 11.5 Å². The fourth-order valence-corrected chi connectivity index (χ4v) is 6.18. The summed E-state index contributed by atoms with van der Waals surface area (Å²) < 4.78 is 12.1. The predicted molar refractivity (Wildman–Crippen MR) is 176 cm³/mol. The van der Waals surface area contributed by atoms with Crippen molar-refractivity contribution < 1.29 is 29.0 Å². The Morgan fingerprint density at radius 3 is 2.16 bits per heavy atom. The number of benzene rings is 1. The fourth-order valence-electron chi connectivity index (χ4n) is 6.18. The largest absolute Gasteiger partial charge is 0.460 e. The average molecular weight is 610 g/mol. The Labute approximate surface area is 265 Å². The number of carbonyl (C=O) groups is 3. The Balaban J connectivity index is 2.68. The van der Waals surface area contributed by atoms with Crippen LogP contribution < -0.4 is 5.32 Å². The van der Waals surface area contributed by atoms with E-state index in [2.05, 4.69) is 26.1 Å². The van der Waals surface area contributed by atoms with Crippen LogP contribution in [0.5, 0.6) is 0 Å². The minimum Gasteiger partial charge on any atom is -0.460 e. The number of hydrogen-bond donors (Lipinski definition) is 2. The van der Waals surface area contributed by atoms with E-state index in [9.17, 15) is 19.5 Å². The Bertz CT molecular complexity index is 1200. The van der Waals surface area contributed by atoms with Crippen molar-refractivity contribution in [1.82, 2.24) is 5.32 Å². The molecule has 0 aliphatic carbocycles. The molecular formula is C37H55NO6. The lowest BCUT2D eigenvalue weighted by Crippen LogP contribution is -2.46. The van der Waals surface area contributed by atoms with Crippen LogP contribution in [0.4, 0.5) is 0 Å². The van der Waals surface area contributed by atoms with Crippen molar-refractivity contribution in [2.24, 2.45) is 29.6 Å². The van der Waals surface area contributed by atoms with Gasteiger partial charge in [0, 0.05) is 36.7 Å². The molecule has 0 bridgehead atoms. The van der Waals surface area contributed by atoms with Gasteiger partial charge >= 0.3 is 11.9 Å². The molecule has 2 N–H and O–H groups in total. The molecule has 1 aromatic rings. The van der Waals surface area contributed by atoms with Crippen LogP contribution in [0.2, 0.25) is 0 Å². The molecule has 0 saturated heterocycles. The second-order valence-electron chi connectivity index (χ2n) is 13.1. The standard InChI is InChI=1S/C37H55NO6/c1-11-22(2)17-25(5)35-28(8)20-27(7)34(43-30(10)39)26(6)18-23(3)33(40)24(4)19-29(9)36(41)38-32(37(42)44-35)21-31-15-13-12-14-16-31/h12-16,18-20,22,24-26,28,32-35,40H,11,17,21H2,1-10H3,(H,38,41)/b23-18+,27-20+,29-19+/t22-,24-,25-,26-,28-,32-,33-,34-,35+/m0/s1. The van der Waals surface area contributed by atoms with Crippen molar-refractivity contribution in [2.45, 2.75) is 113 Å². The quantitative estimate of drug-likeness (QED) is 0.262. The molecule has 44 heavy (non-hydrogen) atoms. The number of cyclic esters (lactones) is 1. The molecule has 0 fully saturated rings. The third kappa shape index (κ3) is 11.1. The molecule has 1 heterocycles. The normalized spacial score (nSPS) is 32.7. The summed E-state index contributed by atoms with van der Waals surface area (Å²) >= 11 is 0.